The van der Waals surface area contributed by atoms with Crippen LogP contribution in [0.5, 0.6) is 5.75 Å². The Hall–Kier alpha value is -2.79. The summed E-state index contributed by atoms with van der Waals surface area (Å²) in [5.74, 6) is -1.68. The standard InChI is InChI=1S/C20H26F2N4O5/c1-2-25(10-12-3-4-12)17(18(23)28)19(29)24-13-5-6-14(15(9-13)31-20(21)22)26-7-8-30-11-16(26)27/h5-6,9,12,17,20H,2-4,7-8,10-11H2,1H3,(H2,23,28)(H,24,29)/t17-/m1/s1. The lowest BCUT2D eigenvalue weighted by molar-refractivity contribution is -0.132. The fourth-order valence-electron chi connectivity index (χ4n) is 3.51. The number of carbonyl (C=O) groups is 3. The van der Waals surface area contributed by atoms with E-state index in [1.807, 2.05) is 6.92 Å². The molecule has 170 valence electrons. The molecule has 0 radical (unpaired) electrons. The second kappa shape index (κ2) is 10.0. The number of amides is 3. The Morgan fingerprint density at radius 3 is 2.71 bits per heavy atom. The number of halogens is 2. The summed E-state index contributed by atoms with van der Waals surface area (Å²) in [7, 11) is 0. The first-order valence-electron chi connectivity index (χ1n) is 10.1. The molecule has 3 N–H and O–H groups in total. The molecule has 1 aromatic carbocycles. The molecule has 2 aliphatic rings. The van der Waals surface area contributed by atoms with E-state index in [9.17, 15) is 23.2 Å². The predicted octanol–water partition coefficient (Wildman–Crippen LogP) is 1.18. The van der Waals surface area contributed by atoms with Crippen molar-refractivity contribution >= 4 is 29.1 Å². The van der Waals surface area contributed by atoms with E-state index in [4.69, 9.17) is 10.5 Å². The number of ether oxygens (including phenoxy) is 2. The fourth-order valence-corrected chi connectivity index (χ4v) is 3.51. The van der Waals surface area contributed by atoms with Gasteiger partial charge in [0.1, 0.15) is 6.61 Å². The number of alkyl halides is 2. The van der Waals surface area contributed by atoms with Gasteiger partial charge in [0, 0.05) is 24.8 Å². The largest absolute Gasteiger partial charge is 0.433 e. The molecule has 1 aromatic rings. The number of hydrogen-bond donors (Lipinski definition) is 2. The molecule has 1 atom stereocenters. The third-order valence-electron chi connectivity index (χ3n) is 5.20. The molecule has 0 aromatic heterocycles. The van der Waals surface area contributed by atoms with E-state index in [-0.39, 0.29) is 36.9 Å². The third-order valence-corrected chi connectivity index (χ3v) is 5.20. The van der Waals surface area contributed by atoms with Crippen molar-refractivity contribution in [2.24, 2.45) is 11.7 Å². The lowest BCUT2D eigenvalue weighted by Gasteiger charge is -2.29. The van der Waals surface area contributed by atoms with Gasteiger partial charge in [0.15, 0.2) is 11.8 Å². The molecule has 0 spiro atoms. The Kier molecular flexibility index (Phi) is 7.39. The van der Waals surface area contributed by atoms with Gasteiger partial charge in [-0.15, -0.1) is 0 Å². The van der Waals surface area contributed by atoms with Gasteiger partial charge in [-0.3, -0.25) is 19.3 Å². The van der Waals surface area contributed by atoms with Crippen molar-refractivity contribution < 1.29 is 32.6 Å². The van der Waals surface area contributed by atoms with E-state index in [1.54, 1.807) is 4.90 Å². The molecule has 1 aliphatic carbocycles. The number of rotatable bonds is 10. The van der Waals surface area contributed by atoms with Crippen LogP contribution in [-0.2, 0) is 19.1 Å². The first kappa shape index (κ1) is 22.9. The topological polar surface area (TPSA) is 114 Å². The molecule has 3 rings (SSSR count). The summed E-state index contributed by atoms with van der Waals surface area (Å²) in [6, 6.07) is 2.85. The summed E-state index contributed by atoms with van der Waals surface area (Å²) in [5.41, 5.74) is 5.75. The molecule has 2 fully saturated rings. The van der Waals surface area contributed by atoms with Crippen molar-refractivity contribution in [2.45, 2.75) is 32.4 Å². The molecule has 1 saturated heterocycles. The highest BCUT2D eigenvalue weighted by Gasteiger charge is 2.34. The highest BCUT2D eigenvalue weighted by Crippen LogP contribution is 2.34. The van der Waals surface area contributed by atoms with Gasteiger partial charge >= 0.3 is 6.61 Å². The number of hydrogen-bond acceptors (Lipinski definition) is 6. The Bertz CT molecular complexity index is 834. The maximum Gasteiger partial charge on any atom is 0.387 e. The van der Waals surface area contributed by atoms with Crippen molar-refractivity contribution in [1.82, 2.24) is 4.90 Å². The number of nitrogens with one attached hydrogen (secondary N) is 1. The van der Waals surface area contributed by atoms with Gasteiger partial charge in [-0.2, -0.15) is 8.78 Å². The zero-order valence-electron chi connectivity index (χ0n) is 17.2. The van der Waals surface area contributed by atoms with Gasteiger partial charge in [0.2, 0.25) is 5.91 Å². The highest BCUT2D eigenvalue weighted by molar-refractivity contribution is 6.09. The minimum Gasteiger partial charge on any atom is -0.433 e. The Morgan fingerprint density at radius 1 is 1.39 bits per heavy atom. The molecular formula is C20H26F2N4O5. The third kappa shape index (κ3) is 5.88. The molecular weight excluding hydrogens is 414 g/mol. The molecule has 1 aliphatic heterocycles. The van der Waals surface area contributed by atoms with Gasteiger partial charge in [0.05, 0.1) is 12.3 Å². The molecule has 0 unspecified atom stereocenters. The number of carbonyl (C=O) groups excluding carboxylic acids is 3. The van der Waals surface area contributed by atoms with E-state index in [0.717, 1.165) is 12.8 Å². The molecule has 1 saturated carbocycles. The molecule has 3 amide bonds. The average molecular weight is 440 g/mol. The van der Waals surface area contributed by atoms with E-state index < -0.39 is 30.4 Å². The minimum absolute atomic E-state index is 0.138. The lowest BCUT2D eigenvalue weighted by Crippen LogP contribution is -2.52. The van der Waals surface area contributed by atoms with Crippen LogP contribution >= 0.6 is 0 Å². The van der Waals surface area contributed by atoms with E-state index in [2.05, 4.69) is 10.1 Å². The monoisotopic (exact) mass is 440 g/mol. The first-order chi connectivity index (χ1) is 14.8. The maximum absolute atomic E-state index is 13.0. The second-order valence-electron chi connectivity index (χ2n) is 7.48. The lowest BCUT2D eigenvalue weighted by atomic mass is 10.1. The first-order valence-corrected chi connectivity index (χ1v) is 10.1. The number of nitrogens with two attached hydrogens (primary N) is 1. The zero-order valence-corrected chi connectivity index (χ0v) is 17.2. The summed E-state index contributed by atoms with van der Waals surface area (Å²) in [6.07, 6.45) is 2.08. The summed E-state index contributed by atoms with van der Waals surface area (Å²) in [5, 5.41) is 2.55. The number of benzene rings is 1. The molecule has 1 heterocycles. The quantitative estimate of drug-likeness (QED) is 0.528. The van der Waals surface area contributed by atoms with Crippen LogP contribution in [0, 0.1) is 5.92 Å². The average Bonchev–Trinajstić information content (AvgIpc) is 3.52. The summed E-state index contributed by atoms with van der Waals surface area (Å²) in [6.45, 7) is 0.000540. The van der Waals surface area contributed by atoms with Gasteiger partial charge in [-0.1, -0.05) is 6.92 Å². The minimum atomic E-state index is -3.13. The normalized spacial score (nSPS) is 17.7. The SMILES string of the molecule is CCN(CC1CC1)[C@H](C(N)=O)C(=O)Nc1ccc(N2CCOCC2=O)c(OC(F)F)c1. The Morgan fingerprint density at radius 2 is 2.13 bits per heavy atom. The summed E-state index contributed by atoms with van der Waals surface area (Å²) < 4.78 is 35.6. The van der Waals surface area contributed by atoms with E-state index in [1.165, 1.54) is 23.1 Å². The Labute approximate surface area is 178 Å². The number of morpholine rings is 1. The van der Waals surface area contributed by atoms with Gasteiger partial charge < -0.3 is 25.4 Å². The number of likely N-dealkylation sites (N-methyl/N-ethyl adjacent to an activating group) is 1. The van der Waals surface area contributed by atoms with Crippen molar-refractivity contribution in [3.63, 3.8) is 0 Å². The van der Waals surface area contributed by atoms with Gasteiger partial charge in [0.25, 0.3) is 11.8 Å². The van der Waals surface area contributed by atoms with E-state index >= 15 is 0 Å². The summed E-state index contributed by atoms with van der Waals surface area (Å²) in [4.78, 5) is 39.9. The molecule has 0 bridgehead atoms. The van der Waals surface area contributed by atoms with Crippen LogP contribution in [0.15, 0.2) is 18.2 Å². The van der Waals surface area contributed by atoms with Crippen LogP contribution < -0.4 is 20.7 Å². The van der Waals surface area contributed by atoms with Gasteiger partial charge in [-0.25, -0.2) is 0 Å². The zero-order chi connectivity index (χ0) is 22.5. The van der Waals surface area contributed by atoms with Crippen LogP contribution in [-0.4, -0.2) is 68.1 Å². The van der Waals surface area contributed by atoms with Crippen LogP contribution in [0.1, 0.15) is 19.8 Å². The van der Waals surface area contributed by atoms with Crippen LogP contribution in [0.25, 0.3) is 0 Å². The number of anilines is 2. The predicted molar refractivity (Wildman–Crippen MR) is 108 cm³/mol. The summed E-state index contributed by atoms with van der Waals surface area (Å²) >= 11 is 0. The Balaban J connectivity index is 1.81. The molecule has 31 heavy (non-hydrogen) atoms. The smallest absolute Gasteiger partial charge is 0.387 e. The van der Waals surface area contributed by atoms with Crippen molar-refractivity contribution in [3.05, 3.63) is 18.2 Å². The van der Waals surface area contributed by atoms with Crippen molar-refractivity contribution in [2.75, 3.05) is 43.1 Å². The van der Waals surface area contributed by atoms with Crippen LogP contribution in [0.3, 0.4) is 0 Å². The molecule has 9 nitrogen and oxygen atoms in total. The fraction of sp³-hybridized carbons (Fsp3) is 0.550. The van der Waals surface area contributed by atoms with Gasteiger partial charge in [-0.05, 0) is 37.4 Å². The molecule has 11 heteroatoms. The maximum atomic E-state index is 13.0. The number of nitrogens with zero attached hydrogens (tertiary/aromatic N) is 2. The van der Waals surface area contributed by atoms with Crippen LogP contribution in [0.2, 0.25) is 0 Å². The van der Waals surface area contributed by atoms with E-state index in [0.29, 0.717) is 19.0 Å². The van der Waals surface area contributed by atoms with Crippen LogP contribution in [0.4, 0.5) is 20.2 Å². The highest BCUT2D eigenvalue weighted by atomic mass is 19.3. The second-order valence-corrected chi connectivity index (χ2v) is 7.48. The number of primary amides is 1. The van der Waals surface area contributed by atoms with Crippen molar-refractivity contribution in [3.8, 4) is 5.75 Å². The van der Waals surface area contributed by atoms with Crippen molar-refractivity contribution in [1.29, 1.82) is 0 Å².